The van der Waals surface area contributed by atoms with Crippen LogP contribution < -0.4 is 10.1 Å². The van der Waals surface area contributed by atoms with E-state index in [2.05, 4.69) is 5.32 Å². The summed E-state index contributed by atoms with van der Waals surface area (Å²) in [4.78, 5) is 20.1. The van der Waals surface area contributed by atoms with E-state index in [1.807, 2.05) is 0 Å². The van der Waals surface area contributed by atoms with Gasteiger partial charge in [-0.3, -0.25) is 9.59 Å². The lowest BCUT2D eigenvalue weighted by molar-refractivity contribution is -0.109. The number of hydrogen-bond acceptors (Lipinski definition) is 3. The molecule has 13 heavy (non-hydrogen) atoms. The number of carbonyl (C=O) groups excluding carboxylic acids is 2. The third kappa shape index (κ3) is 2.94. The molecule has 0 saturated heterocycles. The van der Waals surface area contributed by atoms with Gasteiger partial charge >= 0.3 is 0 Å². The summed E-state index contributed by atoms with van der Waals surface area (Å²) in [5, 5.41) is 2.48. The molecule has 0 aromatic heterocycles. The van der Waals surface area contributed by atoms with E-state index < -0.39 is 0 Å². The number of aldehydes is 1. The van der Waals surface area contributed by atoms with Crippen molar-refractivity contribution in [1.82, 2.24) is 0 Å². The highest BCUT2D eigenvalue weighted by Crippen LogP contribution is 2.16. The van der Waals surface area contributed by atoms with E-state index in [-0.39, 0.29) is 6.61 Å². The van der Waals surface area contributed by atoms with Crippen LogP contribution in [-0.4, -0.2) is 19.3 Å². The number of hydrogen-bond donors (Lipinski definition) is 1. The van der Waals surface area contributed by atoms with Crippen molar-refractivity contribution in [2.75, 3.05) is 11.9 Å². The molecule has 1 aromatic rings. The molecule has 0 aliphatic carbocycles. The molecule has 0 aliphatic rings. The summed E-state index contributed by atoms with van der Waals surface area (Å²) in [6, 6.07) is 6.80. The van der Waals surface area contributed by atoms with E-state index in [0.29, 0.717) is 24.1 Å². The van der Waals surface area contributed by atoms with Crippen LogP contribution in [0.5, 0.6) is 5.75 Å². The van der Waals surface area contributed by atoms with Gasteiger partial charge in [-0.1, -0.05) is 6.07 Å². The second-order valence-electron chi connectivity index (χ2n) is 2.27. The van der Waals surface area contributed by atoms with Gasteiger partial charge < -0.3 is 10.1 Å². The van der Waals surface area contributed by atoms with Crippen molar-refractivity contribution >= 4 is 18.4 Å². The number of rotatable bonds is 5. The Morgan fingerprint density at radius 3 is 2.92 bits per heavy atom. The van der Waals surface area contributed by atoms with E-state index in [0.717, 1.165) is 0 Å². The van der Waals surface area contributed by atoms with E-state index in [9.17, 15) is 9.59 Å². The molecular weight excluding hydrogens is 170 g/mol. The summed E-state index contributed by atoms with van der Waals surface area (Å²) in [5.74, 6) is 0.555. The lowest BCUT2D eigenvalue weighted by atomic mass is 10.3. The third-order valence-electron chi connectivity index (χ3n) is 1.38. The fourth-order valence-electron chi connectivity index (χ4n) is 0.874. The fourth-order valence-corrected chi connectivity index (χ4v) is 0.874. The number of amides is 1. The van der Waals surface area contributed by atoms with Gasteiger partial charge in [0.05, 0.1) is 0 Å². The normalized spacial score (nSPS) is 8.92. The largest absolute Gasteiger partial charge is 0.486 e. The van der Waals surface area contributed by atoms with Gasteiger partial charge in [0.15, 0.2) is 6.29 Å². The van der Waals surface area contributed by atoms with E-state index in [4.69, 9.17) is 4.74 Å². The van der Waals surface area contributed by atoms with Crippen molar-refractivity contribution in [3.63, 3.8) is 0 Å². The molecule has 1 N–H and O–H groups in total. The highest BCUT2D eigenvalue weighted by molar-refractivity contribution is 5.71. The Balaban J connectivity index is 2.66. The minimum absolute atomic E-state index is 0.0184. The Morgan fingerprint density at radius 2 is 2.23 bits per heavy atom. The summed E-state index contributed by atoms with van der Waals surface area (Å²) in [6.45, 7) is 0.0184. The smallest absolute Gasteiger partial charge is 0.211 e. The molecule has 0 fully saturated rings. The molecule has 0 atom stereocenters. The lowest BCUT2D eigenvalue weighted by Gasteiger charge is -2.03. The van der Waals surface area contributed by atoms with Gasteiger partial charge in [0.25, 0.3) is 0 Å². The Bertz CT molecular complexity index is 299. The molecule has 4 heteroatoms. The van der Waals surface area contributed by atoms with Gasteiger partial charge in [-0.25, -0.2) is 0 Å². The first kappa shape index (κ1) is 9.25. The van der Waals surface area contributed by atoms with Gasteiger partial charge in [-0.05, 0) is 12.1 Å². The van der Waals surface area contributed by atoms with Crippen molar-refractivity contribution in [3.05, 3.63) is 24.3 Å². The van der Waals surface area contributed by atoms with Gasteiger partial charge in [0, 0.05) is 11.8 Å². The fraction of sp³-hybridized carbons (Fsp3) is 0.111. The molecule has 0 saturated carbocycles. The predicted octanol–water partition coefficient (Wildman–Crippen LogP) is 0.833. The first-order valence-electron chi connectivity index (χ1n) is 3.73. The molecule has 0 heterocycles. The topological polar surface area (TPSA) is 55.4 Å². The minimum Gasteiger partial charge on any atom is -0.486 e. The van der Waals surface area contributed by atoms with Crippen LogP contribution in [0.1, 0.15) is 0 Å². The van der Waals surface area contributed by atoms with Crippen molar-refractivity contribution in [3.8, 4) is 5.75 Å². The van der Waals surface area contributed by atoms with Crippen LogP contribution in [-0.2, 0) is 9.59 Å². The van der Waals surface area contributed by atoms with Crippen LogP contribution >= 0.6 is 0 Å². The van der Waals surface area contributed by atoms with Crippen LogP contribution in [0.15, 0.2) is 24.3 Å². The molecule has 4 nitrogen and oxygen atoms in total. The zero-order chi connectivity index (χ0) is 9.52. The standard InChI is InChI=1S/C9H9NO3/c11-4-5-13-9-3-1-2-8(6-9)10-7-12/h1-4,6-7H,5H2,(H,10,12). The highest BCUT2D eigenvalue weighted by Gasteiger charge is 1.94. The van der Waals surface area contributed by atoms with Crippen LogP contribution in [0.2, 0.25) is 0 Å². The number of benzene rings is 1. The van der Waals surface area contributed by atoms with Gasteiger partial charge in [0.2, 0.25) is 6.41 Å². The highest BCUT2D eigenvalue weighted by atomic mass is 16.5. The summed E-state index contributed by atoms with van der Waals surface area (Å²) in [7, 11) is 0. The van der Waals surface area contributed by atoms with Gasteiger partial charge in [0.1, 0.15) is 12.4 Å². The monoisotopic (exact) mass is 179 g/mol. The molecule has 68 valence electrons. The molecule has 1 amide bonds. The molecule has 0 spiro atoms. The zero-order valence-electron chi connectivity index (χ0n) is 6.90. The van der Waals surface area contributed by atoms with Gasteiger partial charge in [-0.15, -0.1) is 0 Å². The molecular formula is C9H9NO3. The molecule has 1 rings (SSSR count). The Kier molecular flexibility index (Phi) is 3.50. The first-order chi connectivity index (χ1) is 6.36. The SMILES string of the molecule is O=CCOc1cccc(NC=O)c1. The quantitative estimate of drug-likeness (QED) is 0.681. The van der Waals surface area contributed by atoms with Crippen molar-refractivity contribution in [2.24, 2.45) is 0 Å². The summed E-state index contributed by atoms with van der Waals surface area (Å²) in [6.07, 6.45) is 1.25. The summed E-state index contributed by atoms with van der Waals surface area (Å²) >= 11 is 0. The Morgan fingerprint density at radius 1 is 1.38 bits per heavy atom. The van der Waals surface area contributed by atoms with E-state index in [1.165, 1.54) is 0 Å². The molecule has 0 aliphatic heterocycles. The van der Waals surface area contributed by atoms with Gasteiger partial charge in [-0.2, -0.15) is 0 Å². The number of anilines is 1. The number of carbonyl (C=O) groups is 2. The van der Waals surface area contributed by atoms with Crippen molar-refractivity contribution in [2.45, 2.75) is 0 Å². The average molecular weight is 179 g/mol. The molecule has 1 aromatic carbocycles. The summed E-state index contributed by atoms with van der Waals surface area (Å²) < 4.78 is 5.02. The summed E-state index contributed by atoms with van der Waals surface area (Å²) in [5.41, 5.74) is 0.637. The minimum atomic E-state index is 0.0184. The molecule has 0 bridgehead atoms. The third-order valence-corrected chi connectivity index (χ3v) is 1.38. The Hall–Kier alpha value is -1.84. The zero-order valence-corrected chi connectivity index (χ0v) is 6.90. The van der Waals surface area contributed by atoms with Crippen molar-refractivity contribution < 1.29 is 14.3 Å². The first-order valence-corrected chi connectivity index (χ1v) is 3.73. The second-order valence-corrected chi connectivity index (χ2v) is 2.27. The van der Waals surface area contributed by atoms with Crippen molar-refractivity contribution in [1.29, 1.82) is 0 Å². The van der Waals surface area contributed by atoms with Crippen LogP contribution in [0.25, 0.3) is 0 Å². The molecule has 0 radical (unpaired) electrons. The molecule has 0 unspecified atom stereocenters. The maximum Gasteiger partial charge on any atom is 0.211 e. The van der Waals surface area contributed by atoms with Crippen LogP contribution in [0.4, 0.5) is 5.69 Å². The van der Waals surface area contributed by atoms with E-state index in [1.54, 1.807) is 24.3 Å². The second kappa shape index (κ2) is 4.92. The number of nitrogens with one attached hydrogen (secondary N) is 1. The van der Waals surface area contributed by atoms with E-state index >= 15 is 0 Å². The van der Waals surface area contributed by atoms with Crippen LogP contribution in [0, 0.1) is 0 Å². The van der Waals surface area contributed by atoms with Crippen LogP contribution in [0.3, 0.4) is 0 Å². The maximum atomic E-state index is 10.1. The average Bonchev–Trinajstić information content (AvgIpc) is 2.16. The number of ether oxygens (including phenoxy) is 1. The Labute approximate surface area is 75.5 Å². The maximum absolute atomic E-state index is 10.1. The lowest BCUT2D eigenvalue weighted by Crippen LogP contribution is -1.99. The predicted molar refractivity (Wildman–Crippen MR) is 47.7 cm³/mol.